The molecule has 0 bridgehead atoms. The fourth-order valence-electron chi connectivity index (χ4n) is 6.83. The summed E-state index contributed by atoms with van der Waals surface area (Å²) in [5, 5.41) is 4.62. The molecule has 0 amide bonds. The van der Waals surface area contributed by atoms with Crippen LogP contribution in [0.1, 0.15) is 0 Å². The van der Waals surface area contributed by atoms with Gasteiger partial charge in [0.15, 0.2) is 0 Å². The van der Waals surface area contributed by atoms with Crippen molar-refractivity contribution in [3.8, 4) is 16.8 Å². The molecule has 2 aromatic heterocycles. The van der Waals surface area contributed by atoms with Gasteiger partial charge in [0.1, 0.15) is 0 Å². The average molecular weight is 655 g/mol. The summed E-state index contributed by atoms with van der Waals surface area (Å²) in [7, 11) is 0. The molecule has 0 saturated carbocycles. The van der Waals surface area contributed by atoms with Crippen molar-refractivity contribution in [3.05, 3.63) is 164 Å². The van der Waals surface area contributed by atoms with Gasteiger partial charge in [-0.2, -0.15) is 0 Å². The van der Waals surface area contributed by atoms with Gasteiger partial charge in [-0.1, -0.05) is 6.07 Å². The second kappa shape index (κ2) is 10.8. The number of fused-ring (bicyclic) bond motifs is 6. The Bertz CT molecular complexity index is 2550. The quantitative estimate of drug-likeness (QED) is 0.172. The predicted molar refractivity (Wildman–Crippen MR) is 194 cm³/mol. The van der Waals surface area contributed by atoms with E-state index >= 15 is 0 Å². The number of benzene rings is 7. The SMILES string of the molecule is [Se]c1cc(N(c2ccc3c(c2)c2ccccc2n3-c2ccccc2)c2cccc3oc4ccccc4c23)ccc1-c1ccccc1. The molecule has 7 aromatic carbocycles. The fourth-order valence-corrected chi connectivity index (χ4v) is 7.47. The van der Waals surface area contributed by atoms with Crippen LogP contribution in [-0.4, -0.2) is 20.6 Å². The van der Waals surface area contributed by atoms with Gasteiger partial charge in [0.25, 0.3) is 0 Å². The zero-order valence-electron chi connectivity index (χ0n) is 24.8. The Morgan fingerprint density at radius 3 is 1.98 bits per heavy atom. The van der Waals surface area contributed by atoms with Gasteiger partial charge in [0, 0.05) is 0 Å². The molecule has 3 nitrogen and oxygen atoms in total. The van der Waals surface area contributed by atoms with Gasteiger partial charge in [-0.3, -0.25) is 0 Å². The average Bonchev–Trinajstić information content (AvgIpc) is 3.65. The van der Waals surface area contributed by atoms with E-state index in [1.807, 2.05) is 12.1 Å². The van der Waals surface area contributed by atoms with Gasteiger partial charge in [-0.15, -0.1) is 0 Å². The van der Waals surface area contributed by atoms with Crippen molar-refractivity contribution in [1.82, 2.24) is 4.57 Å². The van der Waals surface area contributed by atoms with Gasteiger partial charge in [-0.05, 0) is 0 Å². The van der Waals surface area contributed by atoms with Gasteiger partial charge >= 0.3 is 270 Å². The van der Waals surface area contributed by atoms with E-state index < -0.39 is 0 Å². The molecule has 0 spiro atoms. The number of para-hydroxylation sites is 3. The maximum absolute atomic E-state index is 6.36. The fraction of sp³-hybridized carbons (Fsp3) is 0. The zero-order chi connectivity index (χ0) is 30.6. The van der Waals surface area contributed by atoms with Crippen LogP contribution >= 0.6 is 0 Å². The van der Waals surface area contributed by atoms with Crippen molar-refractivity contribution in [3.63, 3.8) is 0 Å². The van der Waals surface area contributed by atoms with E-state index in [9.17, 15) is 0 Å². The second-order valence-corrected chi connectivity index (χ2v) is 12.4. The summed E-state index contributed by atoms with van der Waals surface area (Å²) in [4.78, 5) is 2.37. The molecule has 0 N–H and O–H groups in total. The minimum absolute atomic E-state index is 0.870. The standard InChI is InChI=1S/C42H27N2OSe/c46-41-27-31(22-24-32(41)28-12-3-1-4-13-28)43(38-19-11-21-40-42(38)34-17-8-10-20-39(34)45-40)30-23-25-37-35(26-30)33-16-7-9-18-36(33)44(37)29-14-5-2-6-15-29/h1-27H. The van der Waals surface area contributed by atoms with E-state index in [0.717, 1.165) is 49.1 Å². The van der Waals surface area contributed by atoms with Crippen LogP contribution in [0.4, 0.5) is 17.1 Å². The molecule has 9 aromatic rings. The Balaban J connectivity index is 1.32. The molecule has 0 aliphatic heterocycles. The van der Waals surface area contributed by atoms with E-state index in [1.165, 1.54) is 32.9 Å². The van der Waals surface area contributed by atoms with Gasteiger partial charge in [0.05, 0.1) is 0 Å². The summed E-state index contributed by atoms with van der Waals surface area (Å²) in [6.45, 7) is 0. The number of nitrogens with zero attached hydrogens (tertiary/aromatic N) is 2. The van der Waals surface area contributed by atoms with Crippen molar-refractivity contribution in [2.24, 2.45) is 0 Å². The molecule has 9 rings (SSSR count). The van der Waals surface area contributed by atoms with E-state index in [4.69, 9.17) is 4.42 Å². The van der Waals surface area contributed by atoms with Crippen molar-refractivity contribution < 1.29 is 4.42 Å². The Kier molecular flexibility index (Phi) is 6.31. The van der Waals surface area contributed by atoms with E-state index in [-0.39, 0.29) is 0 Å². The van der Waals surface area contributed by atoms with Crippen molar-refractivity contribution in [2.45, 2.75) is 0 Å². The summed E-state index contributed by atoms with van der Waals surface area (Å²) in [6, 6.07) is 58.0. The molecule has 0 aliphatic rings. The number of anilines is 3. The van der Waals surface area contributed by atoms with Gasteiger partial charge in [-0.25, -0.2) is 0 Å². The number of furan rings is 1. The summed E-state index contributed by atoms with van der Waals surface area (Å²) in [5.74, 6) is 0. The Morgan fingerprint density at radius 1 is 0.500 bits per heavy atom. The Hall–Kier alpha value is -5.54. The molecule has 2 heterocycles. The molecule has 0 fully saturated rings. The van der Waals surface area contributed by atoms with Crippen molar-refractivity contribution in [2.75, 3.05) is 4.90 Å². The van der Waals surface area contributed by atoms with E-state index in [1.54, 1.807) is 0 Å². The Morgan fingerprint density at radius 2 is 1.15 bits per heavy atom. The molecule has 217 valence electrons. The minimum atomic E-state index is 0.870. The molecule has 0 aliphatic carbocycles. The van der Waals surface area contributed by atoms with E-state index in [2.05, 4.69) is 177 Å². The Labute approximate surface area is 274 Å². The first kappa shape index (κ1) is 26.8. The van der Waals surface area contributed by atoms with Crippen LogP contribution in [0.5, 0.6) is 0 Å². The third kappa shape index (κ3) is 4.27. The first-order valence-electron chi connectivity index (χ1n) is 15.4. The van der Waals surface area contributed by atoms with Crippen LogP contribution in [-0.2, 0) is 0 Å². The number of aromatic nitrogens is 1. The third-order valence-electron chi connectivity index (χ3n) is 8.86. The monoisotopic (exact) mass is 655 g/mol. The van der Waals surface area contributed by atoms with Crippen LogP contribution in [0, 0.1) is 0 Å². The second-order valence-electron chi connectivity index (χ2n) is 11.5. The van der Waals surface area contributed by atoms with Crippen molar-refractivity contribution >= 4 is 81.3 Å². The number of hydrogen-bond acceptors (Lipinski definition) is 2. The summed E-state index contributed by atoms with van der Waals surface area (Å²) in [5.41, 5.74) is 10.8. The van der Waals surface area contributed by atoms with Crippen LogP contribution in [0.25, 0.3) is 60.6 Å². The molecule has 1 radical (unpaired) electrons. The summed E-state index contributed by atoms with van der Waals surface area (Å²) >= 11 is 3.36. The van der Waals surface area contributed by atoms with Crippen LogP contribution in [0.2, 0.25) is 0 Å². The molecule has 4 heteroatoms. The number of hydrogen-bond donors (Lipinski definition) is 0. The third-order valence-corrected chi connectivity index (χ3v) is 9.57. The first-order valence-corrected chi connectivity index (χ1v) is 16.3. The van der Waals surface area contributed by atoms with Crippen LogP contribution < -0.4 is 9.36 Å². The molecule has 0 atom stereocenters. The first-order chi connectivity index (χ1) is 22.7. The number of rotatable bonds is 5. The zero-order valence-corrected chi connectivity index (χ0v) is 26.5. The maximum atomic E-state index is 6.36. The molecular weight excluding hydrogens is 627 g/mol. The molecule has 0 unspecified atom stereocenters. The summed E-state index contributed by atoms with van der Waals surface area (Å²) < 4.78 is 9.81. The predicted octanol–water partition coefficient (Wildman–Crippen LogP) is 10.6. The topological polar surface area (TPSA) is 21.3 Å². The van der Waals surface area contributed by atoms with Crippen LogP contribution in [0.15, 0.2) is 168 Å². The van der Waals surface area contributed by atoms with E-state index in [0.29, 0.717) is 0 Å². The normalized spacial score (nSPS) is 11.6. The molecular formula is C42H27N2OSe. The van der Waals surface area contributed by atoms with Gasteiger partial charge < -0.3 is 0 Å². The molecule has 46 heavy (non-hydrogen) atoms. The van der Waals surface area contributed by atoms with Crippen molar-refractivity contribution in [1.29, 1.82) is 0 Å². The van der Waals surface area contributed by atoms with Gasteiger partial charge in [0.2, 0.25) is 0 Å². The summed E-state index contributed by atoms with van der Waals surface area (Å²) in [6.07, 6.45) is 0. The molecule has 0 saturated heterocycles. The van der Waals surface area contributed by atoms with Crippen LogP contribution in [0.3, 0.4) is 0 Å².